The second kappa shape index (κ2) is 6.91. The monoisotopic (exact) mass is 250 g/mol. The fraction of sp³-hybridized carbons (Fsp3) is 0.231. The zero-order valence-electron chi connectivity index (χ0n) is 9.55. The summed E-state index contributed by atoms with van der Waals surface area (Å²) in [4.78, 5) is 21.4. The molecule has 0 saturated carbocycles. The molecule has 0 fully saturated rings. The lowest BCUT2D eigenvalue weighted by atomic mass is 10.0. The maximum Gasteiger partial charge on any atom is 0.307 e. The second-order valence-electron chi connectivity index (χ2n) is 3.47. The van der Waals surface area contributed by atoms with Crippen LogP contribution in [0.15, 0.2) is 30.3 Å². The van der Waals surface area contributed by atoms with Gasteiger partial charge < -0.3 is 5.11 Å². The van der Waals surface area contributed by atoms with Crippen LogP contribution in [-0.2, 0) is 16.0 Å². The van der Waals surface area contributed by atoms with Gasteiger partial charge in [0.25, 0.3) is 0 Å². The largest absolute Gasteiger partial charge is 0.481 e. The summed E-state index contributed by atoms with van der Waals surface area (Å²) in [6, 6.07) is 7.35. The van der Waals surface area contributed by atoms with E-state index in [0.29, 0.717) is 5.75 Å². The summed E-state index contributed by atoms with van der Waals surface area (Å²) in [5, 5.41) is 8.84. The second-order valence-corrected chi connectivity index (χ2v) is 4.67. The number of rotatable bonds is 5. The summed E-state index contributed by atoms with van der Waals surface area (Å²) >= 11 is 1.23. The Labute approximate surface area is 105 Å². The Bertz CT molecular complexity index is 438. The third-order valence-electron chi connectivity index (χ3n) is 2.08. The number of aliphatic carboxylic acids is 1. The van der Waals surface area contributed by atoms with Crippen LogP contribution < -0.4 is 0 Å². The van der Waals surface area contributed by atoms with Crippen LogP contribution in [0.4, 0.5) is 0 Å². The fourth-order valence-electron chi connectivity index (χ4n) is 1.36. The van der Waals surface area contributed by atoms with Gasteiger partial charge in [-0.15, -0.1) is 0 Å². The predicted molar refractivity (Wildman–Crippen MR) is 70.0 cm³/mol. The van der Waals surface area contributed by atoms with Gasteiger partial charge in [0.1, 0.15) is 0 Å². The van der Waals surface area contributed by atoms with Gasteiger partial charge in [-0.2, -0.15) is 0 Å². The molecular formula is C13H14O3S. The molecule has 0 unspecified atom stereocenters. The molecule has 4 heteroatoms. The van der Waals surface area contributed by atoms with E-state index in [1.807, 2.05) is 30.4 Å². The zero-order chi connectivity index (χ0) is 12.7. The average Bonchev–Trinajstić information content (AvgIpc) is 2.25. The van der Waals surface area contributed by atoms with Crippen LogP contribution in [0.3, 0.4) is 0 Å². The quantitative estimate of drug-likeness (QED) is 0.872. The standard InChI is InChI=1S/C13H14O3S/c1-10(14)17-8-4-7-11-5-2-3-6-12(11)9-13(15)16/h2-7H,8-9H2,1H3,(H,15,16). The van der Waals surface area contributed by atoms with Gasteiger partial charge in [0.15, 0.2) is 5.12 Å². The number of carboxylic acid groups (broad SMARTS) is 1. The molecule has 0 aromatic heterocycles. The molecule has 0 saturated heterocycles. The summed E-state index contributed by atoms with van der Waals surface area (Å²) in [5.41, 5.74) is 1.67. The first kappa shape index (κ1) is 13.5. The summed E-state index contributed by atoms with van der Waals surface area (Å²) in [6.07, 6.45) is 3.74. The molecular weight excluding hydrogens is 236 g/mol. The minimum absolute atomic E-state index is 0.0143. The lowest BCUT2D eigenvalue weighted by molar-refractivity contribution is -0.136. The smallest absolute Gasteiger partial charge is 0.307 e. The van der Waals surface area contributed by atoms with Gasteiger partial charge in [0, 0.05) is 12.7 Å². The molecule has 17 heavy (non-hydrogen) atoms. The molecule has 0 aliphatic rings. The van der Waals surface area contributed by atoms with E-state index in [2.05, 4.69) is 0 Å². The highest BCUT2D eigenvalue weighted by Gasteiger charge is 2.03. The Hall–Kier alpha value is -1.55. The summed E-state index contributed by atoms with van der Waals surface area (Å²) in [6.45, 7) is 1.52. The van der Waals surface area contributed by atoms with E-state index in [0.717, 1.165) is 11.1 Å². The van der Waals surface area contributed by atoms with Crippen molar-refractivity contribution in [3.8, 4) is 0 Å². The van der Waals surface area contributed by atoms with E-state index in [9.17, 15) is 9.59 Å². The van der Waals surface area contributed by atoms with Gasteiger partial charge in [-0.1, -0.05) is 48.2 Å². The van der Waals surface area contributed by atoms with Crippen molar-refractivity contribution in [2.45, 2.75) is 13.3 Å². The van der Waals surface area contributed by atoms with Crippen molar-refractivity contribution in [3.63, 3.8) is 0 Å². The molecule has 0 aliphatic heterocycles. The molecule has 0 bridgehead atoms. The minimum atomic E-state index is -0.844. The Morgan fingerprint density at radius 2 is 2.06 bits per heavy atom. The third kappa shape index (κ3) is 5.36. The van der Waals surface area contributed by atoms with Gasteiger partial charge in [0.2, 0.25) is 0 Å². The van der Waals surface area contributed by atoms with E-state index >= 15 is 0 Å². The highest BCUT2D eigenvalue weighted by molar-refractivity contribution is 8.13. The predicted octanol–water partition coefficient (Wildman–Crippen LogP) is 2.61. The van der Waals surface area contributed by atoms with Gasteiger partial charge in [0.05, 0.1) is 6.42 Å². The Morgan fingerprint density at radius 3 is 2.71 bits per heavy atom. The van der Waals surface area contributed by atoms with Gasteiger partial charge in [-0.3, -0.25) is 9.59 Å². The van der Waals surface area contributed by atoms with Crippen LogP contribution in [0.5, 0.6) is 0 Å². The maximum absolute atomic E-state index is 10.7. The van der Waals surface area contributed by atoms with E-state index in [1.54, 1.807) is 6.07 Å². The molecule has 0 radical (unpaired) electrons. The molecule has 3 nitrogen and oxygen atoms in total. The van der Waals surface area contributed by atoms with Crippen molar-refractivity contribution in [1.82, 2.24) is 0 Å². The van der Waals surface area contributed by atoms with Crippen molar-refractivity contribution < 1.29 is 14.7 Å². The van der Waals surface area contributed by atoms with Crippen molar-refractivity contribution in [2.24, 2.45) is 0 Å². The fourth-order valence-corrected chi connectivity index (χ4v) is 1.79. The first-order chi connectivity index (χ1) is 8.09. The molecule has 0 aliphatic carbocycles. The van der Waals surface area contributed by atoms with Crippen LogP contribution in [0.1, 0.15) is 18.1 Å². The number of benzene rings is 1. The van der Waals surface area contributed by atoms with Crippen molar-refractivity contribution in [3.05, 3.63) is 41.5 Å². The number of carbonyl (C=O) groups is 2. The first-order valence-corrected chi connectivity index (χ1v) is 6.17. The van der Waals surface area contributed by atoms with Gasteiger partial charge >= 0.3 is 5.97 Å². The van der Waals surface area contributed by atoms with E-state index < -0.39 is 5.97 Å². The number of carbonyl (C=O) groups excluding carboxylic acids is 1. The molecule has 1 N–H and O–H groups in total. The molecule has 90 valence electrons. The van der Waals surface area contributed by atoms with Crippen LogP contribution in [0.25, 0.3) is 6.08 Å². The molecule has 0 spiro atoms. The number of hydrogen-bond donors (Lipinski definition) is 1. The van der Waals surface area contributed by atoms with Crippen LogP contribution in [0.2, 0.25) is 0 Å². The van der Waals surface area contributed by atoms with Crippen LogP contribution in [0, 0.1) is 0 Å². The van der Waals surface area contributed by atoms with Gasteiger partial charge in [-0.05, 0) is 11.1 Å². The first-order valence-electron chi connectivity index (χ1n) is 5.19. The Morgan fingerprint density at radius 1 is 1.35 bits per heavy atom. The van der Waals surface area contributed by atoms with E-state index in [-0.39, 0.29) is 11.5 Å². The van der Waals surface area contributed by atoms with Crippen molar-refractivity contribution in [2.75, 3.05) is 5.75 Å². The molecule has 1 rings (SSSR count). The van der Waals surface area contributed by atoms with Crippen molar-refractivity contribution >= 4 is 28.9 Å². The molecule has 1 aromatic rings. The Balaban J connectivity index is 2.69. The zero-order valence-corrected chi connectivity index (χ0v) is 10.4. The summed E-state index contributed by atoms with van der Waals surface area (Å²) in [5.74, 6) is -0.236. The summed E-state index contributed by atoms with van der Waals surface area (Å²) in [7, 11) is 0. The molecule has 0 atom stereocenters. The minimum Gasteiger partial charge on any atom is -0.481 e. The maximum atomic E-state index is 10.7. The van der Waals surface area contributed by atoms with Crippen molar-refractivity contribution in [1.29, 1.82) is 0 Å². The molecule has 0 amide bonds. The van der Waals surface area contributed by atoms with E-state index in [4.69, 9.17) is 5.11 Å². The highest BCUT2D eigenvalue weighted by Crippen LogP contribution is 2.12. The number of hydrogen-bond acceptors (Lipinski definition) is 3. The third-order valence-corrected chi connectivity index (χ3v) is 2.84. The SMILES string of the molecule is CC(=O)SCC=Cc1ccccc1CC(=O)O. The van der Waals surface area contributed by atoms with E-state index in [1.165, 1.54) is 18.7 Å². The van der Waals surface area contributed by atoms with Crippen LogP contribution >= 0.6 is 11.8 Å². The summed E-state index contributed by atoms with van der Waals surface area (Å²) < 4.78 is 0. The molecule has 0 heterocycles. The highest BCUT2D eigenvalue weighted by atomic mass is 32.2. The van der Waals surface area contributed by atoms with Crippen LogP contribution in [-0.4, -0.2) is 21.9 Å². The molecule has 1 aromatic carbocycles. The number of carboxylic acids is 1. The Kier molecular flexibility index (Phi) is 5.49. The lowest BCUT2D eigenvalue weighted by Crippen LogP contribution is -2.01. The van der Waals surface area contributed by atoms with Gasteiger partial charge in [-0.25, -0.2) is 0 Å². The number of thioether (sulfide) groups is 1. The average molecular weight is 250 g/mol. The topological polar surface area (TPSA) is 54.4 Å². The lowest BCUT2D eigenvalue weighted by Gasteiger charge is -2.02. The normalized spacial score (nSPS) is 10.6.